The number of nitrogens with one attached hydrogen (secondary N) is 1. The number of amides is 2. The van der Waals surface area contributed by atoms with Gasteiger partial charge in [0.25, 0.3) is 0 Å². The fourth-order valence-corrected chi connectivity index (χ4v) is 1.34. The summed E-state index contributed by atoms with van der Waals surface area (Å²) in [4.78, 5) is 10.3. The van der Waals surface area contributed by atoms with Crippen LogP contribution in [-0.4, -0.2) is 6.03 Å². The first kappa shape index (κ1) is 14.1. The van der Waals surface area contributed by atoms with Gasteiger partial charge in [0, 0.05) is 10.7 Å². The van der Waals surface area contributed by atoms with E-state index in [9.17, 15) is 4.79 Å². The van der Waals surface area contributed by atoms with Crippen molar-refractivity contribution in [3.63, 3.8) is 0 Å². The molecule has 3 nitrogen and oxygen atoms in total. The number of carbonyl (C=O) groups is 1. The maximum atomic E-state index is 10.3. The second kappa shape index (κ2) is 7.35. The lowest BCUT2D eigenvalue weighted by atomic mass is 10.2. The first-order valence-corrected chi connectivity index (χ1v) is 5.79. The van der Waals surface area contributed by atoms with Crippen molar-refractivity contribution < 1.29 is 4.79 Å². The summed E-state index contributed by atoms with van der Waals surface area (Å²) in [7, 11) is 0. The summed E-state index contributed by atoms with van der Waals surface area (Å²) in [6, 6.07) is 16.4. The molecule has 2 amide bonds. The molecule has 0 unspecified atom stereocenters. The Morgan fingerprint density at radius 3 is 2.00 bits per heavy atom. The maximum absolute atomic E-state index is 10.3. The van der Waals surface area contributed by atoms with Gasteiger partial charge in [0.15, 0.2) is 0 Å². The number of rotatable bonds is 1. The minimum absolute atomic E-state index is 0.577. The van der Waals surface area contributed by atoms with Gasteiger partial charge in [0.1, 0.15) is 0 Å². The second-order valence-electron chi connectivity index (χ2n) is 3.65. The molecule has 0 fully saturated rings. The normalized spacial score (nSPS) is 9.00. The van der Waals surface area contributed by atoms with Gasteiger partial charge in [-0.25, -0.2) is 4.79 Å². The molecule has 4 heteroatoms. The second-order valence-corrected chi connectivity index (χ2v) is 4.09. The van der Waals surface area contributed by atoms with Crippen molar-refractivity contribution in [2.75, 3.05) is 5.32 Å². The molecule has 0 atom stereocenters. The van der Waals surface area contributed by atoms with Gasteiger partial charge in [0.2, 0.25) is 0 Å². The van der Waals surface area contributed by atoms with E-state index in [0.717, 1.165) is 0 Å². The van der Waals surface area contributed by atoms with Crippen LogP contribution in [0.25, 0.3) is 0 Å². The predicted octanol–water partition coefficient (Wildman–Crippen LogP) is 3.83. The molecule has 18 heavy (non-hydrogen) atoms. The van der Waals surface area contributed by atoms with Crippen molar-refractivity contribution in [1.29, 1.82) is 0 Å². The third kappa shape index (κ3) is 5.92. The molecular weight excluding hydrogens is 248 g/mol. The Balaban J connectivity index is 0.000000199. The molecule has 2 aromatic rings. The van der Waals surface area contributed by atoms with E-state index >= 15 is 0 Å². The molecule has 0 bridgehead atoms. The van der Waals surface area contributed by atoms with E-state index in [0.29, 0.717) is 10.7 Å². The van der Waals surface area contributed by atoms with Crippen LogP contribution in [0.1, 0.15) is 5.56 Å². The van der Waals surface area contributed by atoms with E-state index in [1.165, 1.54) is 5.56 Å². The van der Waals surface area contributed by atoms with Gasteiger partial charge in [-0.3, -0.25) is 0 Å². The molecule has 0 saturated heterocycles. The Morgan fingerprint density at radius 1 is 1.06 bits per heavy atom. The van der Waals surface area contributed by atoms with Gasteiger partial charge in [0.05, 0.1) is 0 Å². The van der Waals surface area contributed by atoms with Crippen LogP contribution in [0.4, 0.5) is 10.5 Å². The fraction of sp³-hybridized carbons (Fsp3) is 0.0714. The highest BCUT2D eigenvalue weighted by molar-refractivity contribution is 6.30. The standard InChI is InChI=1S/C7H7ClN2O.C7H8/c8-5-1-3-6(4-2-5)10-7(9)11;1-7-5-3-2-4-6-7/h1-4H,(H3,9,10,11);2-6H,1H3. The van der Waals surface area contributed by atoms with Crippen molar-refractivity contribution in [1.82, 2.24) is 0 Å². The quantitative estimate of drug-likeness (QED) is 0.806. The number of primary amides is 1. The summed E-state index contributed by atoms with van der Waals surface area (Å²) in [5, 5.41) is 3.04. The number of benzene rings is 2. The van der Waals surface area contributed by atoms with Crippen LogP contribution in [0.2, 0.25) is 5.02 Å². The molecule has 0 aliphatic heterocycles. The van der Waals surface area contributed by atoms with E-state index in [1.807, 2.05) is 18.2 Å². The Bertz CT molecular complexity index is 483. The van der Waals surface area contributed by atoms with Crippen molar-refractivity contribution >= 4 is 23.3 Å². The van der Waals surface area contributed by atoms with Crippen LogP contribution in [0.5, 0.6) is 0 Å². The minimum atomic E-state index is -0.577. The maximum Gasteiger partial charge on any atom is 0.316 e. The molecule has 0 aliphatic carbocycles. The molecule has 0 aliphatic rings. The molecule has 0 spiro atoms. The van der Waals surface area contributed by atoms with Crippen LogP contribution < -0.4 is 11.1 Å². The highest BCUT2D eigenvalue weighted by atomic mass is 35.5. The lowest BCUT2D eigenvalue weighted by Gasteiger charge is -1.99. The highest BCUT2D eigenvalue weighted by Gasteiger charge is 1.93. The van der Waals surface area contributed by atoms with Crippen molar-refractivity contribution in [3.8, 4) is 0 Å². The number of hydrogen-bond donors (Lipinski definition) is 2. The summed E-state index contributed by atoms with van der Waals surface area (Å²) >= 11 is 5.60. The summed E-state index contributed by atoms with van der Waals surface area (Å²) < 4.78 is 0. The average molecular weight is 263 g/mol. The summed E-state index contributed by atoms with van der Waals surface area (Å²) in [6.45, 7) is 2.08. The molecule has 2 rings (SSSR count). The fourth-order valence-electron chi connectivity index (χ4n) is 1.21. The molecule has 0 saturated carbocycles. The number of hydrogen-bond acceptors (Lipinski definition) is 1. The van der Waals surface area contributed by atoms with Crippen LogP contribution in [-0.2, 0) is 0 Å². The van der Waals surface area contributed by atoms with Gasteiger partial charge < -0.3 is 11.1 Å². The van der Waals surface area contributed by atoms with Crippen LogP contribution in [0.15, 0.2) is 54.6 Å². The van der Waals surface area contributed by atoms with E-state index < -0.39 is 6.03 Å². The van der Waals surface area contributed by atoms with Crippen LogP contribution in [0.3, 0.4) is 0 Å². The molecular formula is C14H15ClN2O. The molecule has 3 N–H and O–H groups in total. The first-order valence-electron chi connectivity index (χ1n) is 5.41. The molecule has 0 aromatic heterocycles. The van der Waals surface area contributed by atoms with Crippen LogP contribution >= 0.6 is 11.6 Å². The Kier molecular flexibility index (Phi) is 5.74. The number of halogens is 1. The number of anilines is 1. The number of carbonyl (C=O) groups excluding carboxylic acids is 1. The number of aryl methyl sites for hydroxylation is 1. The third-order valence-electron chi connectivity index (χ3n) is 2.05. The highest BCUT2D eigenvalue weighted by Crippen LogP contribution is 2.12. The minimum Gasteiger partial charge on any atom is -0.351 e. The average Bonchev–Trinajstić information content (AvgIpc) is 2.33. The monoisotopic (exact) mass is 262 g/mol. The lowest BCUT2D eigenvalue weighted by Crippen LogP contribution is -2.18. The summed E-state index contributed by atoms with van der Waals surface area (Å²) in [5.41, 5.74) is 6.84. The largest absolute Gasteiger partial charge is 0.351 e. The predicted molar refractivity (Wildman–Crippen MR) is 75.8 cm³/mol. The number of nitrogens with two attached hydrogens (primary N) is 1. The molecule has 94 valence electrons. The zero-order valence-electron chi connectivity index (χ0n) is 10.1. The number of urea groups is 1. The van der Waals surface area contributed by atoms with Crippen molar-refractivity contribution in [3.05, 3.63) is 65.2 Å². The van der Waals surface area contributed by atoms with Crippen LogP contribution in [0, 0.1) is 6.92 Å². The molecule has 0 heterocycles. The Morgan fingerprint density at radius 2 is 1.61 bits per heavy atom. The van der Waals surface area contributed by atoms with E-state index in [-0.39, 0.29) is 0 Å². The van der Waals surface area contributed by atoms with Gasteiger partial charge in [-0.1, -0.05) is 47.5 Å². The SMILES string of the molecule is Cc1ccccc1.NC(=O)Nc1ccc(Cl)cc1. The smallest absolute Gasteiger partial charge is 0.316 e. The Labute approximate surface area is 112 Å². The first-order chi connectivity index (χ1) is 8.58. The summed E-state index contributed by atoms with van der Waals surface area (Å²) in [5.74, 6) is 0. The zero-order chi connectivity index (χ0) is 13.4. The lowest BCUT2D eigenvalue weighted by molar-refractivity contribution is 0.259. The van der Waals surface area contributed by atoms with Crippen molar-refractivity contribution in [2.24, 2.45) is 5.73 Å². The molecule has 2 aromatic carbocycles. The van der Waals surface area contributed by atoms with Gasteiger partial charge in [-0.05, 0) is 31.2 Å². The van der Waals surface area contributed by atoms with Gasteiger partial charge in [-0.15, -0.1) is 0 Å². The van der Waals surface area contributed by atoms with Gasteiger partial charge in [-0.2, -0.15) is 0 Å². The topological polar surface area (TPSA) is 55.1 Å². The van der Waals surface area contributed by atoms with E-state index in [2.05, 4.69) is 24.4 Å². The zero-order valence-corrected chi connectivity index (χ0v) is 10.8. The van der Waals surface area contributed by atoms with Gasteiger partial charge >= 0.3 is 6.03 Å². The molecule has 0 radical (unpaired) electrons. The third-order valence-corrected chi connectivity index (χ3v) is 2.30. The summed E-state index contributed by atoms with van der Waals surface area (Å²) in [6.07, 6.45) is 0. The van der Waals surface area contributed by atoms with Crippen molar-refractivity contribution in [2.45, 2.75) is 6.92 Å². The van der Waals surface area contributed by atoms with E-state index in [1.54, 1.807) is 24.3 Å². The Hall–Kier alpha value is -2.00. The van der Waals surface area contributed by atoms with E-state index in [4.69, 9.17) is 17.3 Å².